The first kappa shape index (κ1) is 14.7. The van der Waals surface area contributed by atoms with Crippen LogP contribution in [-0.2, 0) is 0 Å². The number of methoxy groups -OCH3 is 1. The van der Waals surface area contributed by atoms with Gasteiger partial charge in [-0.05, 0) is 37.2 Å². The maximum Gasteiger partial charge on any atom is 0.176 e. The summed E-state index contributed by atoms with van der Waals surface area (Å²) in [5.41, 5.74) is 0.733. The van der Waals surface area contributed by atoms with E-state index in [0.717, 1.165) is 24.3 Å². The van der Waals surface area contributed by atoms with E-state index < -0.39 is 0 Å². The van der Waals surface area contributed by atoms with Crippen LogP contribution in [0, 0.1) is 0 Å². The fourth-order valence-electron chi connectivity index (χ4n) is 1.76. The van der Waals surface area contributed by atoms with Gasteiger partial charge in [0.05, 0.1) is 13.7 Å². The van der Waals surface area contributed by atoms with E-state index in [1.807, 2.05) is 12.1 Å². The van der Waals surface area contributed by atoms with Gasteiger partial charge in [-0.25, -0.2) is 0 Å². The summed E-state index contributed by atoms with van der Waals surface area (Å²) in [6.07, 6.45) is 4.89. The Morgan fingerprint density at radius 1 is 1.17 bits per heavy atom. The molecule has 0 aliphatic heterocycles. The minimum atomic E-state index is 0.133. The Bertz CT molecular complexity index is 346. The van der Waals surface area contributed by atoms with Gasteiger partial charge in [-0.1, -0.05) is 26.2 Å². The molecule has 0 saturated heterocycles. The van der Waals surface area contributed by atoms with E-state index >= 15 is 0 Å². The molecule has 0 fully saturated rings. The van der Waals surface area contributed by atoms with Crippen LogP contribution in [0.3, 0.4) is 0 Å². The van der Waals surface area contributed by atoms with Crippen LogP contribution in [0.25, 0.3) is 0 Å². The summed E-state index contributed by atoms with van der Waals surface area (Å²) < 4.78 is 5.06. The lowest BCUT2D eigenvalue weighted by atomic mass is 10.1. The molecule has 0 saturated carbocycles. The summed E-state index contributed by atoms with van der Waals surface area (Å²) in [6, 6.07) is 7.24. The van der Waals surface area contributed by atoms with E-state index in [1.165, 1.54) is 19.3 Å². The molecule has 0 atom stereocenters. The molecule has 0 unspecified atom stereocenters. The minimum absolute atomic E-state index is 0.133. The summed E-state index contributed by atoms with van der Waals surface area (Å²) in [7, 11) is 1.62. The highest BCUT2D eigenvalue weighted by Gasteiger charge is 2.04. The van der Waals surface area contributed by atoms with Crippen molar-refractivity contribution in [3.05, 3.63) is 29.8 Å². The molecule has 1 aromatic rings. The molecule has 3 heteroatoms. The van der Waals surface area contributed by atoms with Gasteiger partial charge in [-0.3, -0.25) is 4.79 Å². The summed E-state index contributed by atoms with van der Waals surface area (Å²) in [5.74, 6) is 0.909. The summed E-state index contributed by atoms with van der Waals surface area (Å²) in [4.78, 5) is 11.8. The number of carbonyl (C=O) groups is 1. The van der Waals surface area contributed by atoms with Crippen LogP contribution in [0.15, 0.2) is 24.3 Å². The third-order valence-electron chi connectivity index (χ3n) is 2.90. The zero-order valence-electron chi connectivity index (χ0n) is 11.4. The first-order valence-electron chi connectivity index (χ1n) is 6.66. The number of carbonyl (C=O) groups excluding carboxylic acids is 1. The molecule has 3 nitrogen and oxygen atoms in total. The number of Topliss-reactive ketones (excluding diaryl/α,β-unsaturated/α-hetero) is 1. The van der Waals surface area contributed by atoms with Gasteiger partial charge in [0, 0.05) is 5.56 Å². The maximum atomic E-state index is 11.8. The quantitative estimate of drug-likeness (QED) is 0.540. The number of benzene rings is 1. The van der Waals surface area contributed by atoms with Crippen molar-refractivity contribution in [2.75, 3.05) is 20.2 Å². The topological polar surface area (TPSA) is 38.3 Å². The first-order valence-corrected chi connectivity index (χ1v) is 6.66. The molecule has 100 valence electrons. The maximum absolute atomic E-state index is 11.8. The Balaban J connectivity index is 2.23. The van der Waals surface area contributed by atoms with Gasteiger partial charge >= 0.3 is 0 Å². The normalized spacial score (nSPS) is 10.3. The van der Waals surface area contributed by atoms with Gasteiger partial charge in [0.15, 0.2) is 5.78 Å². The molecule has 0 aromatic heterocycles. The van der Waals surface area contributed by atoms with Gasteiger partial charge < -0.3 is 10.1 Å². The van der Waals surface area contributed by atoms with Gasteiger partial charge in [0.25, 0.3) is 0 Å². The lowest BCUT2D eigenvalue weighted by Gasteiger charge is -2.05. The molecule has 0 aliphatic rings. The average molecular weight is 249 g/mol. The molecule has 1 rings (SSSR count). The van der Waals surface area contributed by atoms with Crippen LogP contribution < -0.4 is 10.1 Å². The zero-order chi connectivity index (χ0) is 13.2. The SMILES string of the molecule is CCCCCCNCC(=O)c1ccc(OC)cc1. The predicted octanol–water partition coefficient (Wildman–Crippen LogP) is 3.05. The number of nitrogens with one attached hydrogen (secondary N) is 1. The van der Waals surface area contributed by atoms with Crippen LogP contribution in [-0.4, -0.2) is 26.0 Å². The second kappa shape index (κ2) is 8.70. The first-order chi connectivity index (χ1) is 8.77. The average Bonchev–Trinajstić information content (AvgIpc) is 2.42. The standard InChI is InChI=1S/C15H23NO2/c1-3-4-5-6-11-16-12-15(17)13-7-9-14(18-2)10-8-13/h7-10,16H,3-6,11-12H2,1-2H3. The van der Waals surface area contributed by atoms with Crippen molar-refractivity contribution < 1.29 is 9.53 Å². The number of hydrogen-bond donors (Lipinski definition) is 1. The van der Waals surface area contributed by atoms with Crippen molar-refractivity contribution >= 4 is 5.78 Å². The number of hydrogen-bond acceptors (Lipinski definition) is 3. The third kappa shape index (κ3) is 5.32. The smallest absolute Gasteiger partial charge is 0.176 e. The Morgan fingerprint density at radius 3 is 2.50 bits per heavy atom. The number of ether oxygens (including phenoxy) is 1. The largest absolute Gasteiger partial charge is 0.497 e. The van der Waals surface area contributed by atoms with E-state index in [0.29, 0.717) is 6.54 Å². The van der Waals surface area contributed by atoms with Crippen molar-refractivity contribution in [3.63, 3.8) is 0 Å². The van der Waals surface area contributed by atoms with E-state index in [1.54, 1.807) is 19.2 Å². The van der Waals surface area contributed by atoms with Crippen molar-refractivity contribution in [2.24, 2.45) is 0 Å². The molecule has 0 heterocycles. The van der Waals surface area contributed by atoms with Crippen molar-refractivity contribution in [2.45, 2.75) is 32.6 Å². The molecule has 0 radical (unpaired) electrons. The number of unbranched alkanes of at least 4 members (excludes halogenated alkanes) is 3. The van der Waals surface area contributed by atoms with Crippen LogP contribution in [0.4, 0.5) is 0 Å². The van der Waals surface area contributed by atoms with Crippen LogP contribution >= 0.6 is 0 Å². The highest BCUT2D eigenvalue weighted by Crippen LogP contribution is 2.11. The molecule has 1 aromatic carbocycles. The Kier molecular flexibility index (Phi) is 7.11. The van der Waals surface area contributed by atoms with E-state index in [2.05, 4.69) is 12.2 Å². The van der Waals surface area contributed by atoms with E-state index in [9.17, 15) is 4.79 Å². The number of ketones is 1. The highest BCUT2D eigenvalue weighted by molar-refractivity contribution is 5.97. The van der Waals surface area contributed by atoms with Crippen LogP contribution in [0.2, 0.25) is 0 Å². The van der Waals surface area contributed by atoms with Gasteiger partial charge in [0.1, 0.15) is 5.75 Å². The molecule has 0 spiro atoms. The van der Waals surface area contributed by atoms with Gasteiger partial charge in [-0.15, -0.1) is 0 Å². The molecule has 0 amide bonds. The van der Waals surface area contributed by atoms with Crippen LogP contribution in [0.1, 0.15) is 43.0 Å². The zero-order valence-corrected chi connectivity index (χ0v) is 11.4. The summed E-state index contributed by atoms with van der Waals surface area (Å²) >= 11 is 0. The fraction of sp³-hybridized carbons (Fsp3) is 0.533. The second-order valence-electron chi connectivity index (χ2n) is 4.39. The molecular formula is C15H23NO2. The van der Waals surface area contributed by atoms with Crippen molar-refractivity contribution in [1.29, 1.82) is 0 Å². The third-order valence-corrected chi connectivity index (χ3v) is 2.90. The lowest BCUT2D eigenvalue weighted by Crippen LogP contribution is -2.24. The number of rotatable bonds is 9. The van der Waals surface area contributed by atoms with Crippen molar-refractivity contribution in [1.82, 2.24) is 5.32 Å². The highest BCUT2D eigenvalue weighted by atomic mass is 16.5. The second-order valence-corrected chi connectivity index (χ2v) is 4.39. The molecule has 0 bridgehead atoms. The molecule has 0 aliphatic carbocycles. The monoisotopic (exact) mass is 249 g/mol. The van der Waals surface area contributed by atoms with E-state index in [4.69, 9.17) is 4.74 Å². The van der Waals surface area contributed by atoms with E-state index in [-0.39, 0.29) is 5.78 Å². The van der Waals surface area contributed by atoms with Crippen LogP contribution in [0.5, 0.6) is 5.75 Å². The fourth-order valence-corrected chi connectivity index (χ4v) is 1.76. The molecular weight excluding hydrogens is 226 g/mol. The summed E-state index contributed by atoms with van der Waals surface area (Å²) in [5, 5.41) is 3.19. The lowest BCUT2D eigenvalue weighted by molar-refractivity contribution is 0.0991. The Morgan fingerprint density at radius 2 is 1.89 bits per heavy atom. The molecule has 18 heavy (non-hydrogen) atoms. The predicted molar refractivity (Wildman–Crippen MR) is 74.3 cm³/mol. The Labute approximate surface area is 110 Å². The van der Waals surface area contributed by atoms with Gasteiger partial charge in [0.2, 0.25) is 0 Å². The Hall–Kier alpha value is -1.35. The van der Waals surface area contributed by atoms with Gasteiger partial charge in [-0.2, -0.15) is 0 Å². The van der Waals surface area contributed by atoms with Crippen molar-refractivity contribution in [3.8, 4) is 5.75 Å². The molecule has 1 N–H and O–H groups in total. The minimum Gasteiger partial charge on any atom is -0.497 e. The summed E-state index contributed by atoms with van der Waals surface area (Å²) in [6.45, 7) is 3.53.